The van der Waals surface area contributed by atoms with E-state index in [1.165, 1.54) is 19.2 Å². The van der Waals surface area contributed by atoms with Crippen molar-refractivity contribution in [1.82, 2.24) is 4.57 Å². The van der Waals surface area contributed by atoms with Crippen LogP contribution in [0, 0.1) is 12.7 Å². The number of methoxy groups -OCH3 is 1. The lowest BCUT2D eigenvalue weighted by Gasteiger charge is -2.10. The molecule has 4 heteroatoms. The van der Waals surface area contributed by atoms with Gasteiger partial charge in [-0.3, -0.25) is 0 Å². The van der Waals surface area contributed by atoms with Gasteiger partial charge in [-0.15, -0.1) is 0 Å². The fourth-order valence-corrected chi connectivity index (χ4v) is 2.78. The first-order chi connectivity index (χ1) is 10.6. The van der Waals surface area contributed by atoms with Crippen molar-refractivity contribution in [2.45, 2.75) is 13.5 Å². The number of carbonyl (C=O) groups excluding carboxylic acids is 1. The summed E-state index contributed by atoms with van der Waals surface area (Å²) in [6.45, 7) is 2.45. The Kier molecular flexibility index (Phi) is 3.67. The van der Waals surface area contributed by atoms with Gasteiger partial charge in [-0.2, -0.15) is 0 Å². The minimum Gasteiger partial charge on any atom is -0.465 e. The number of hydrogen-bond donors (Lipinski definition) is 0. The van der Waals surface area contributed by atoms with E-state index in [9.17, 15) is 9.18 Å². The summed E-state index contributed by atoms with van der Waals surface area (Å²) in [5, 5.41) is 1.04. The third-order valence-corrected chi connectivity index (χ3v) is 3.83. The molecule has 0 atom stereocenters. The van der Waals surface area contributed by atoms with E-state index < -0.39 is 0 Å². The van der Waals surface area contributed by atoms with Crippen LogP contribution in [0.3, 0.4) is 0 Å². The van der Waals surface area contributed by atoms with Gasteiger partial charge in [-0.1, -0.05) is 18.2 Å². The van der Waals surface area contributed by atoms with Crippen molar-refractivity contribution in [2.75, 3.05) is 7.11 Å². The number of halogens is 1. The molecule has 0 saturated carbocycles. The molecular weight excluding hydrogens is 281 g/mol. The Labute approximate surface area is 127 Å². The Bertz CT molecular complexity index is 851. The van der Waals surface area contributed by atoms with Crippen molar-refractivity contribution < 1.29 is 13.9 Å². The van der Waals surface area contributed by atoms with Crippen LogP contribution in [0.1, 0.15) is 21.5 Å². The van der Waals surface area contributed by atoms with Gasteiger partial charge in [0.2, 0.25) is 0 Å². The smallest absolute Gasteiger partial charge is 0.338 e. The number of aromatic nitrogens is 1. The zero-order valence-electron chi connectivity index (χ0n) is 12.5. The highest BCUT2D eigenvalue weighted by atomic mass is 19.1. The van der Waals surface area contributed by atoms with Crippen LogP contribution in [0.5, 0.6) is 0 Å². The predicted octanol–water partition coefficient (Wildman–Crippen LogP) is 3.92. The first-order valence-corrected chi connectivity index (χ1v) is 7.01. The maximum Gasteiger partial charge on any atom is 0.338 e. The minimum absolute atomic E-state index is 0.249. The quantitative estimate of drug-likeness (QED) is 0.686. The van der Waals surface area contributed by atoms with Gasteiger partial charge in [0.05, 0.1) is 18.2 Å². The second-order valence-electron chi connectivity index (χ2n) is 5.24. The van der Waals surface area contributed by atoms with Crippen LogP contribution in [0.4, 0.5) is 4.39 Å². The van der Waals surface area contributed by atoms with Crippen molar-refractivity contribution >= 4 is 16.9 Å². The van der Waals surface area contributed by atoms with E-state index in [4.69, 9.17) is 4.74 Å². The molecule has 0 aliphatic rings. The van der Waals surface area contributed by atoms with Crippen molar-refractivity contribution in [3.63, 3.8) is 0 Å². The van der Waals surface area contributed by atoms with E-state index in [1.54, 1.807) is 12.1 Å². The molecule has 0 bridgehead atoms. The van der Waals surface area contributed by atoms with Gasteiger partial charge in [0.15, 0.2) is 0 Å². The van der Waals surface area contributed by atoms with Crippen LogP contribution in [-0.2, 0) is 11.3 Å². The fraction of sp³-hybridized carbons (Fsp3) is 0.167. The number of benzene rings is 2. The van der Waals surface area contributed by atoms with Crippen LogP contribution in [0.15, 0.2) is 48.7 Å². The normalized spacial score (nSPS) is 10.9. The molecule has 3 aromatic rings. The zero-order chi connectivity index (χ0) is 15.7. The van der Waals surface area contributed by atoms with Gasteiger partial charge in [-0.25, -0.2) is 9.18 Å². The summed E-state index contributed by atoms with van der Waals surface area (Å²) in [7, 11) is 1.37. The van der Waals surface area contributed by atoms with Crippen molar-refractivity contribution in [3.05, 3.63) is 71.2 Å². The van der Waals surface area contributed by atoms with Crippen LogP contribution >= 0.6 is 0 Å². The van der Waals surface area contributed by atoms with Crippen LogP contribution in [-0.4, -0.2) is 17.6 Å². The predicted molar refractivity (Wildman–Crippen MR) is 83.5 cm³/mol. The number of ether oxygens (including phenoxy) is 1. The molecule has 112 valence electrons. The summed E-state index contributed by atoms with van der Waals surface area (Å²) in [5.74, 6) is -0.598. The average molecular weight is 297 g/mol. The molecule has 0 saturated heterocycles. The summed E-state index contributed by atoms with van der Waals surface area (Å²) in [6.07, 6.45) is 1.95. The maximum absolute atomic E-state index is 13.3. The molecule has 22 heavy (non-hydrogen) atoms. The highest BCUT2D eigenvalue weighted by Crippen LogP contribution is 2.24. The fourth-order valence-electron chi connectivity index (χ4n) is 2.78. The molecule has 0 unspecified atom stereocenters. The number of nitrogens with zero attached hydrogens (tertiary/aromatic N) is 1. The van der Waals surface area contributed by atoms with E-state index in [1.807, 2.05) is 35.9 Å². The van der Waals surface area contributed by atoms with Crippen LogP contribution in [0.2, 0.25) is 0 Å². The number of rotatable bonds is 3. The lowest BCUT2D eigenvalue weighted by atomic mass is 10.1. The van der Waals surface area contributed by atoms with Crippen molar-refractivity contribution in [1.29, 1.82) is 0 Å². The summed E-state index contributed by atoms with van der Waals surface area (Å²) >= 11 is 0. The first kappa shape index (κ1) is 14.3. The van der Waals surface area contributed by atoms with E-state index in [-0.39, 0.29) is 11.8 Å². The second-order valence-corrected chi connectivity index (χ2v) is 5.24. The summed E-state index contributed by atoms with van der Waals surface area (Å²) in [5.41, 5.74) is 3.26. The highest BCUT2D eigenvalue weighted by molar-refractivity contribution is 5.97. The van der Waals surface area contributed by atoms with Crippen LogP contribution < -0.4 is 0 Å². The molecule has 0 spiro atoms. The van der Waals surface area contributed by atoms with Gasteiger partial charge in [-0.05, 0) is 47.7 Å². The lowest BCUT2D eigenvalue weighted by molar-refractivity contribution is 0.0600. The molecule has 0 N–H and O–H groups in total. The van der Waals surface area contributed by atoms with Gasteiger partial charge < -0.3 is 9.30 Å². The Morgan fingerprint density at radius 3 is 2.77 bits per heavy atom. The lowest BCUT2D eigenvalue weighted by Crippen LogP contribution is -2.06. The second kappa shape index (κ2) is 5.64. The maximum atomic E-state index is 13.3. The van der Waals surface area contributed by atoms with E-state index in [2.05, 4.69) is 0 Å². The molecule has 0 amide bonds. The van der Waals surface area contributed by atoms with Crippen LogP contribution in [0.25, 0.3) is 10.9 Å². The first-order valence-electron chi connectivity index (χ1n) is 7.01. The Balaban J connectivity index is 2.09. The molecule has 0 aliphatic heterocycles. The minimum atomic E-state index is -0.349. The van der Waals surface area contributed by atoms with E-state index in [0.717, 1.165) is 22.0 Å². The molecule has 0 aliphatic carbocycles. The Morgan fingerprint density at radius 2 is 2.05 bits per heavy atom. The van der Waals surface area contributed by atoms with Gasteiger partial charge in [0.1, 0.15) is 5.82 Å². The standard InChI is InChI=1S/C18H16FNO2/c1-12-16(18(21)22-2)7-6-14-8-9-20(17(12)14)11-13-4-3-5-15(19)10-13/h3-10H,11H2,1-2H3. The van der Waals surface area contributed by atoms with Gasteiger partial charge in [0, 0.05) is 12.7 Å². The number of carbonyl (C=O) groups is 1. The topological polar surface area (TPSA) is 31.2 Å². The number of esters is 1. The highest BCUT2D eigenvalue weighted by Gasteiger charge is 2.14. The molecule has 1 heterocycles. The molecule has 2 aromatic carbocycles. The molecule has 1 aromatic heterocycles. The number of hydrogen-bond acceptors (Lipinski definition) is 2. The Morgan fingerprint density at radius 1 is 1.23 bits per heavy atom. The van der Waals surface area contributed by atoms with Gasteiger partial charge >= 0.3 is 5.97 Å². The molecule has 0 radical (unpaired) electrons. The average Bonchev–Trinajstić information content (AvgIpc) is 2.91. The Hall–Kier alpha value is -2.62. The van der Waals surface area contributed by atoms with Gasteiger partial charge in [0.25, 0.3) is 0 Å². The largest absolute Gasteiger partial charge is 0.465 e. The molecular formula is C18H16FNO2. The van der Waals surface area contributed by atoms with E-state index >= 15 is 0 Å². The van der Waals surface area contributed by atoms with E-state index in [0.29, 0.717) is 12.1 Å². The van der Waals surface area contributed by atoms with Crippen molar-refractivity contribution in [2.24, 2.45) is 0 Å². The monoisotopic (exact) mass is 297 g/mol. The third-order valence-electron chi connectivity index (χ3n) is 3.83. The summed E-state index contributed by atoms with van der Waals surface area (Å²) in [6, 6.07) is 12.2. The SMILES string of the molecule is COC(=O)c1ccc2ccn(Cc3cccc(F)c3)c2c1C. The molecule has 3 rings (SSSR count). The van der Waals surface area contributed by atoms with Crippen molar-refractivity contribution in [3.8, 4) is 0 Å². The number of aryl methyl sites for hydroxylation is 1. The molecule has 3 nitrogen and oxygen atoms in total. The number of fused-ring (bicyclic) bond motifs is 1. The summed E-state index contributed by atoms with van der Waals surface area (Å²) in [4.78, 5) is 11.8. The third kappa shape index (κ3) is 2.48. The molecule has 0 fully saturated rings. The summed E-state index contributed by atoms with van der Waals surface area (Å²) < 4.78 is 20.2. The zero-order valence-corrected chi connectivity index (χ0v) is 12.5.